The van der Waals surface area contributed by atoms with Crippen LogP contribution in [0.2, 0.25) is 0 Å². The molecule has 0 bridgehead atoms. The van der Waals surface area contributed by atoms with Gasteiger partial charge in [0.25, 0.3) is 0 Å². The van der Waals surface area contributed by atoms with Gasteiger partial charge < -0.3 is 4.57 Å². The van der Waals surface area contributed by atoms with E-state index >= 15 is 0 Å². The summed E-state index contributed by atoms with van der Waals surface area (Å²) in [4.78, 5) is 11.1. The molecular formula is C54H32N4S. The lowest BCUT2D eigenvalue weighted by Crippen LogP contribution is -2.03. The first-order valence-electron chi connectivity index (χ1n) is 20.0. The molecule has 59 heavy (non-hydrogen) atoms. The van der Waals surface area contributed by atoms with Crippen LogP contribution in [0.4, 0.5) is 0 Å². The van der Waals surface area contributed by atoms with Gasteiger partial charge in [0, 0.05) is 58.4 Å². The molecule has 0 spiro atoms. The molecule has 0 aliphatic heterocycles. The molecule has 0 atom stereocenters. The Morgan fingerprint density at radius 3 is 1.75 bits per heavy atom. The number of hydrogen-bond acceptors (Lipinski definition) is 3. The van der Waals surface area contributed by atoms with Crippen LogP contribution in [0.5, 0.6) is 0 Å². The molecule has 4 nitrogen and oxygen atoms in total. The number of benzene rings is 9. The average molecular weight is 769 g/mol. The second-order valence-corrected chi connectivity index (χ2v) is 16.3. The lowest BCUT2D eigenvalue weighted by Gasteiger charge is -2.14. The van der Waals surface area contributed by atoms with Gasteiger partial charge in [-0.3, -0.25) is 4.57 Å². The molecule has 13 rings (SSSR count). The van der Waals surface area contributed by atoms with Gasteiger partial charge in [-0.1, -0.05) is 140 Å². The average Bonchev–Trinajstić information content (AvgIpc) is 3.97. The normalized spacial score (nSPS) is 12.1. The summed E-state index contributed by atoms with van der Waals surface area (Å²) >= 11 is 1.87. The van der Waals surface area contributed by atoms with Crippen molar-refractivity contribution in [2.75, 3.05) is 0 Å². The van der Waals surface area contributed by atoms with Crippen molar-refractivity contribution < 1.29 is 0 Å². The molecule has 0 amide bonds. The van der Waals surface area contributed by atoms with E-state index < -0.39 is 0 Å². The van der Waals surface area contributed by atoms with Gasteiger partial charge >= 0.3 is 0 Å². The van der Waals surface area contributed by atoms with E-state index in [0.29, 0.717) is 5.95 Å². The number of thiophene rings is 1. The fourth-order valence-electron chi connectivity index (χ4n) is 9.54. The van der Waals surface area contributed by atoms with Crippen LogP contribution in [-0.4, -0.2) is 19.1 Å². The smallest absolute Gasteiger partial charge is 0.235 e. The van der Waals surface area contributed by atoms with E-state index in [1.807, 2.05) is 11.3 Å². The molecule has 0 saturated heterocycles. The zero-order valence-corrected chi connectivity index (χ0v) is 32.5. The van der Waals surface area contributed by atoms with Crippen molar-refractivity contribution in [2.45, 2.75) is 0 Å². The van der Waals surface area contributed by atoms with E-state index in [1.54, 1.807) is 0 Å². The van der Waals surface area contributed by atoms with Crippen molar-refractivity contribution in [3.63, 3.8) is 0 Å². The molecule has 4 heterocycles. The van der Waals surface area contributed by atoms with Crippen molar-refractivity contribution in [3.8, 4) is 34.0 Å². The van der Waals surface area contributed by atoms with Gasteiger partial charge in [-0.05, 0) is 76.5 Å². The molecule has 0 radical (unpaired) electrons. The summed E-state index contributed by atoms with van der Waals surface area (Å²) in [7, 11) is 0. The summed E-state index contributed by atoms with van der Waals surface area (Å²) in [5.41, 5.74) is 10.9. The lowest BCUT2D eigenvalue weighted by molar-refractivity contribution is 1.01. The maximum absolute atomic E-state index is 5.68. The Morgan fingerprint density at radius 2 is 0.983 bits per heavy atom. The molecule has 5 heteroatoms. The van der Waals surface area contributed by atoms with Gasteiger partial charge in [-0.25, -0.2) is 9.97 Å². The standard InChI is InChI=1S/C54H32N4S/c1-3-15-33(16-4-1)35-31-42-38-28-27-34-17-7-8-20-37(34)52(38)59-53(42)43(32-35)51-39-21-9-12-24-44(39)55-54(56-51)58-46-26-14-11-23-41(46)50-48(58)30-29-47-49(50)40-22-10-13-25-45(40)57(47)36-18-5-2-6-19-36/h1-32H. The molecule has 274 valence electrons. The van der Waals surface area contributed by atoms with Crippen LogP contribution in [0.1, 0.15) is 0 Å². The van der Waals surface area contributed by atoms with Gasteiger partial charge in [0.05, 0.1) is 33.3 Å². The predicted molar refractivity (Wildman–Crippen MR) is 249 cm³/mol. The van der Waals surface area contributed by atoms with Gasteiger partial charge in [-0.15, -0.1) is 11.3 Å². The first kappa shape index (κ1) is 32.5. The number of aromatic nitrogens is 4. The van der Waals surface area contributed by atoms with Crippen molar-refractivity contribution in [3.05, 3.63) is 194 Å². The minimum atomic E-state index is 0.654. The molecular weight excluding hydrogens is 737 g/mol. The minimum absolute atomic E-state index is 0.654. The number of nitrogens with zero attached hydrogens (tertiary/aromatic N) is 4. The third-order valence-electron chi connectivity index (χ3n) is 12.1. The molecule has 0 saturated carbocycles. The first-order chi connectivity index (χ1) is 29.3. The van der Waals surface area contributed by atoms with Crippen LogP contribution >= 0.6 is 11.3 Å². The minimum Gasteiger partial charge on any atom is -0.309 e. The molecule has 4 aromatic heterocycles. The summed E-state index contributed by atoms with van der Waals surface area (Å²) in [5, 5.41) is 10.9. The molecule has 9 aromatic carbocycles. The highest BCUT2D eigenvalue weighted by atomic mass is 32.1. The van der Waals surface area contributed by atoms with Crippen LogP contribution in [0, 0.1) is 0 Å². The third-order valence-corrected chi connectivity index (χ3v) is 13.4. The molecule has 0 N–H and O–H groups in total. The van der Waals surface area contributed by atoms with Crippen LogP contribution in [0.25, 0.3) is 119 Å². The Labute approximate surface area is 342 Å². The Bertz CT molecular complexity index is 3840. The number of rotatable bonds is 4. The van der Waals surface area contributed by atoms with Crippen molar-refractivity contribution >= 4 is 96.8 Å². The predicted octanol–water partition coefficient (Wildman–Crippen LogP) is 14.7. The molecule has 0 aliphatic rings. The first-order valence-corrected chi connectivity index (χ1v) is 20.8. The topological polar surface area (TPSA) is 35.6 Å². The van der Waals surface area contributed by atoms with E-state index in [-0.39, 0.29) is 0 Å². The number of hydrogen-bond donors (Lipinski definition) is 0. The van der Waals surface area contributed by atoms with Crippen LogP contribution in [0.15, 0.2) is 194 Å². The monoisotopic (exact) mass is 768 g/mol. The summed E-state index contributed by atoms with van der Waals surface area (Å²) in [5.74, 6) is 0.654. The highest BCUT2D eigenvalue weighted by Crippen LogP contribution is 2.47. The Hall–Kier alpha value is -7.60. The van der Waals surface area contributed by atoms with Crippen molar-refractivity contribution in [1.29, 1.82) is 0 Å². The number of para-hydroxylation sites is 4. The second-order valence-electron chi connectivity index (χ2n) is 15.3. The van der Waals surface area contributed by atoms with Gasteiger partial charge in [-0.2, -0.15) is 0 Å². The van der Waals surface area contributed by atoms with Gasteiger partial charge in [0.1, 0.15) is 0 Å². The van der Waals surface area contributed by atoms with Crippen LogP contribution in [-0.2, 0) is 0 Å². The van der Waals surface area contributed by atoms with E-state index in [4.69, 9.17) is 9.97 Å². The molecule has 13 aromatic rings. The highest BCUT2D eigenvalue weighted by molar-refractivity contribution is 7.27. The maximum Gasteiger partial charge on any atom is 0.235 e. The van der Waals surface area contributed by atoms with E-state index in [2.05, 4.69) is 203 Å². The lowest BCUT2D eigenvalue weighted by atomic mass is 9.96. The summed E-state index contributed by atoms with van der Waals surface area (Å²) in [6, 6.07) is 69.9. The third kappa shape index (κ3) is 4.71. The highest BCUT2D eigenvalue weighted by Gasteiger charge is 2.24. The van der Waals surface area contributed by atoms with Gasteiger partial charge in [0.2, 0.25) is 5.95 Å². The summed E-state index contributed by atoms with van der Waals surface area (Å²) in [6.07, 6.45) is 0. The van der Waals surface area contributed by atoms with Crippen LogP contribution < -0.4 is 0 Å². The van der Waals surface area contributed by atoms with Gasteiger partial charge in [0.15, 0.2) is 0 Å². The summed E-state index contributed by atoms with van der Waals surface area (Å²) < 4.78 is 7.19. The molecule has 0 fully saturated rings. The Balaban J connectivity index is 1.15. The van der Waals surface area contributed by atoms with Crippen molar-refractivity contribution in [1.82, 2.24) is 19.1 Å². The molecule has 0 aliphatic carbocycles. The second kappa shape index (κ2) is 12.4. The van der Waals surface area contributed by atoms with Crippen molar-refractivity contribution in [2.24, 2.45) is 0 Å². The van der Waals surface area contributed by atoms with Crippen LogP contribution in [0.3, 0.4) is 0 Å². The fraction of sp³-hybridized carbons (Fsp3) is 0. The quantitative estimate of drug-likeness (QED) is 0.179. The van der Waals surface area contributed by atoms with E-state index in [1.165, 1.54) is 74.6 Å². The zero-order chi connectivity index (χ0) is 38.6. The Kier molecular flexibility index (Phi) is 6.85. The number of fused-ring (bicyclic) bond motifs is 13. The fourth-order valence-corrected chi connectivity index (χ4v) is 10.9. The zero-order valence-electron chi connectivity index (χ0n) is 31.7. The maximum atomic E-state index is 5.68. The molecule has 0 unspecified atom stereocenters. The van der Waals surface area contributed by atoms with E-state index in [9.17, 15) is 0 Å². The van der Waals surface area contributed by atoms with E-state index in [0.717, 1.165) is 38.9 Å². The largest absolute Gasteiger partial charge is 0.309 e. The summed E-state index contributed by atoms with van der Waals surface area (Å²) in [6.45, 7) is 0. The SMILES string of the molecule is c1ccc(-c2cc(-c3nc(-n4c5ccccc5c5c6c7ccccc7n(-c7ccccc7)c6ccc54)nc4ccccc34)c3sc4c5ccccc5ccc4c3c2)cc1. The Morgan fingerprint density at radius 1 is 0.373 bits per heavy atom.